The molecule has 2 aromatic carbocycles. The summed E-state index contributed by atoms with van der Waals surface area (Å²) < 4.78 is 38.4. The molecule has 0 spiro atoms. The molecule has 96 valence electrons. The Morgan fingerprint density at radius 1 is 1.05 bits per heavy atom. The lowest BCUT2D eigenvalue weighted by molar-refractivity contribution is -0.137. The summed E-state index contributed by atoms with van der Waals surface area (Å²) in [5.41, 5.74) is 1.18. The van der Waals surface area contributed by atoms with Crippen molar-refractivity contribution < 1.29 is 13.2 Å². The third-order valence-corrected chi connectivity index (χ3v) is 2.85. The summed E-state index contributed by atoms with van der Waals surface area (Å²) in [4.78, 5) is 0. The van der Waals surface area contributed by atoms with Crippen LogP contribution in [0.4, 0.5) is 13.2 Å². The summed E-state index contributed by atoms with van der Waals surface area (Å²) in [7, 11) is 0. The Bertz CT molecular complexity index is 651. The van der Waals surface area contributed by atoms with Gasteiger partial charge in [0.2, 0.25) is 0 Å². The van der Waals surface area contributed by atoms with Crippen LogP contribution < -0.4 is 0 Å². The Kier molecular flexibility index (Phi) is 3.30. The van der Waals surface area contributed by atoms with Crippen LogP contribution >= 0.6 is 0 Å². The SMILES string of the molecule is Cc1ccccc1-c1cc(C#N)cc(C(F)(F)F)c1. The van der Waals surface area contributed by atoms with Crippen molar-refractivity contribution in [1.29, 1.82) is 5.26 Å². The normalized spacial score (nSPS) is 11.1. The van der Waals surface area contributed by atoms with Gasteiger partial charge in [0.1, 0.15) is 0 Å². The van der Waals surface area contributed by atoms with Crippen LogP contribution in [0.3, 0.4) is 0 Å². The molecule has 0 unspecified atom stereocenters. The number of nitriles is 1. The van der Waals surface area contributed by atoms with Crippen molar-refractivity contribution in [2.24, 2.45) is 0 Å². The van der Waals surface area contributed by atoms with Gasteiger partial charge in [0.05, 0.1) is 17.2 Å². The zero-order valence-corrected chi connectivity index (χ0v) is 10.1. The molecule has 0 fully saturated rings. The van der Waals surface area contributed by atoms with Crippen LogP contribution in [0.5, 0.6) is 0 Å². The van der Waals surface area contributed by atoms with E-state index < -0.39 is 11.7 Å². The Labute approximate surface area is 108 Å². The number of benzene rings is 2. The van der Waals surface area contributed by atoms with E-state index in [0.717, 1.165) is 17.7 Å². The standard InChI is InChI=1S/C15H10F3N/c1-10-4-2-3-5-14(10)12-6-11(9-19)7-13(8-12)15(16,17)18/h2-8H,1H3. The Morgan fingerprint density at radius 2 is 1.74 bits per heavy atom. The highest BCUT2D eigenvalue weighted by atomic mass is 19.4. The van der Waals surface area contributed by atoms with E-state index in [4.69, 9.17) is 5.26 Å². The van der Waals surface area contributed by atoms with Crippen LogP contribution in [0.15, 0.2) is 42.5 Å². The van der Waals surface area contributed by atoms with E-state index in [1.54, 1.807) is 18.2 Å². The van der Waals surface area contributed by atoms with Gasteiger partial charge in [-0.25, -0.2) is 0 Å². The molecule has 0 aliphatic heterocycles. The van der Waals surface area contributed by atoms with Crippen LogP contribution in [0, 0.1) is 18.3 Å². The molecule has 4 heteroatoms. The van der Waals surface area contributed by atoms with Crippen LogP contribution in [0.1, 0.15) is 16.7 Å². The van der Waals surface area contributed by atoms with Crippen molar-refractivity contribution >= 4 is 0 Å². The third kappa shape index (κ3) is 2.76. The second-order valence-electron chi connectivity index (χ2n) is 4.22. The monoisotopic (exact) mass is 261 g/mol. The van der Waals surface area contributed by atoms with Crippen molar-refractivity contribution in [1.82, 2.24) is 0 Å². The quantitative estimate of drug-likeness (QED) is 0.738. The topological polar surface area (TPSA) is 23.8 Å². The first-order valence-corrected chi connectivity index (χ1v) is 5.60. The fourth-order valence-corrected chi connectivity index (χ4v) is 1.91. The average Bonchev–Trinajstić information content (AvgIpc) is 2.37. The molecule has 1 nitrogen and oxygen atoms in total. The van der Waals surface area contributed by atoms with Gasteiger partial charge in [0.15, 0.2) is 0 Å². The number of nitrogens with zero attached hydrogens (tertiary/aromatic N) is 1. The lowest BCUT2D eigenvalue weighted by atomic mass is 9.97. The second kappa shape index (κ2) is 4.77. The molecule has 0 aliphatic rings. The van der Waals surface area contributed by atoms with Gasteiger partial charge < -0.3 is 0 Å². The minimum absolute atomic E-state index is 0.00748. The van der Waals surface area contributed by atoms with Gasteiger partial charge >= 0.3 is 6.18 Å². The zero-order chi connectivity index (χ0) is 14.0. The second-order valence-corrected chi connectivity index (χ2v) is 4.22. The lowest BCUT2D eigenvalue weighted by Crippen LogP contribution is -2.05. The molecule has 0 bridgehead atoms. The number of rotatable bonds is 1. The van der Waals surface area contributed by atoms with Crippen molar-refractivity contribution in [3.05, 3.63) is 59.2 Å². The smallest absolute Gasteiger partial charge is 0.192 e. The molecule has 0 saturated carbocycles. The molecule has 0 radical (unpaired) electrons. The Balaban J connectivity index is 2.66. The van der Waals surface area contributed by atoms with E-state index in [1.165, 1.54) is 6.07 Å². The lowest BCUT2D eigenvalue weighted by Gasteiger charge is -2.11. The highest BCUT2D eigenvalue weighted by molar-refractivity contribution is 5.69. The maximum Gasteiger partial charge on any atom is 0.416 e. The van der Waals surface area contributed by atoms with Crippen LogP contribution in [0.25, 0.3) is 11.1 Å². The molecular weight excluding hydrogens is 251 g/mol. The van der Waals surface area contributed by atoms with E-state index >= 15 is 0 Å². The van der Waals surface area contributed by atoms with Gasteiger partial charge in [0, 0.05) is 0 Å². The van der Waals surface area contributed by atoms with E-state index in [0.29, 0.717) is 11.1 Å². The molecule has 0 saturated heterocycles. The number of hydrogen-bond donors (Lipinski definition) is 0. The molecule has 0 heterocycles. The predicted octanol–water partition coefficient (Wildman–Crippen LogP) is 4.55. The summed E-state index contributed by atoms with van der Waals surface area (Å²) >= 11 is 0. The highest BCUT2D eigenvalue weighted by Gasteiger charge is 2.31. The number of hydrogen-bond acceptors (Lipinski definition) is 1. The Morgan fingerprint density at radius 3 is 2.32 bits per heavy atom. The Hall–Kier alpha value is -2.28. The van der Waals surface area contributed by atoms with Crippen LogP contribution in [-0.4, -0.2) is 0 Å². The molecule has 19 heavy (non-hydrogen) atoms. The fourth-order valence-electron chi connectivity index (χ4n) is 1.91. The molecule has 0 atom stereocenters. The van der Waals surface area contributed by atoms with Gasteiger partial charge in [-0.3, -0.25) is 0 Å². The minimum Gasteiger partial charge on any atom is -0.192 e. The molecule has 0 N–H and O–H groups in total. The maximum atomic E-state index is 12.8. The van der Waals surface area contributed by atoms with E-state index in [9.17, 15) is 13.2 Å². The van der Waals surface area contributed by atoms with E-state index in [1.807, 2.05) is 19.1 Å². The summed E-state index contributed by atoms with van der Waals surface area (Å²) in [6.45, 7) is 1.82. The van der Waals surface area contributed by atoms with E-state index in [-0.39, 0.29) is 5.56 Å². The molecule has 0 aliphatic carbocycles. The minimum atomic E-state index is -4.45. The summed E-state index contributed by atoms with van der Waals surface area (Å²) in [6, 6.07) is 12.3. The van der Waals surface area contributed by atoms with Crippen LogP contribution in [0.2, 0.25) is 0 Å². The van der Waals surface area contributed by atoms with Crippen LogP contribution in [-0.2, 0) is 6.18 Å². The van der Waals surface area contributed by atoms with E-state index in [2.05, 4.69) is 0 Å². The molecule has 0 amide bonds. The number of alkyl halides is 3. The van der Waals surface area contributed by atoms with Crippen molar-refractivity contribution in [2.45, 2.75) is 13.1 Å². The first-order valence-electron chi connectivity index (χ1n) is 5.60. The van der Waals surface area contributed by atoms with Gasteiger partial charge in [-0.1, -0.05) is 24.3 Å². The highest BCUT2D eigenvalue weighted by Crippen LogP contribution is 2.34. The molecular formula is C15H10F3N. The molecule has 0 aromatic heterocycles. The number of aryl methyl sites for hydroxylation is 1. The summed E-state index contributed by atoms with van der Waals surface area (Å²) in [5.74, 6) is 0. The van der Waals surface area contributed by atoms with Gasteiger partial charge in [-0.15, -0.1) is 0 Å². The zero-order valence-electron chi connectivity index (χ0n) is 10.1. The van der Waals surface area contributed by atoms with Gasteiger partial charge in [-0.2, -0.15) is 18.4 Å². The first-order chi connectivity index (χ1) is 8.91. The predicted molar refractivity (Wildman–Crippen MR) is 66.3 cm³/mol. The van der Waals surface area contributed by atoms with Crippen molar-refractivity contribution in [3.8, 4) is 17.2 Å². The summed E-state index contributed by atoms with van der Waals surface area (Å²) in [6.07, 6.45) is -4.45. The summed E-state index contributed by atoms with van der Waals surface area (Å²) in [5, 5.41) is 8.85. The largest absolute Gasteiger partial charge is 0.416 e. The molecule has 2 aromatic rings. The first kappa shape index (κ1) is 13.2. The third-order valence-electron chi connectivity index (χ3n) is 2.85. The van der Waals surface area contributed by atoms with Crippen molar-refractivity contribution in [2.75, 3.05) is 0 Å². The fraction of sp³-hybridized carbons (Fsp3) is 0.133. The average molecular weight is 261 g/mol. The maximum absolute atomic E-state index is 12.8. The van der Waals surface area contributed by atoms with Crippen molar-refractivity contribution in [3.63, 3.8) is 0 Å². The van der Waals surface area contributed by atoms with Gasteiger partial charge in [-0.05, 0) is 41.8 Å². The van der Waals surface area contributed by atoms with Gasteiger partial charge in [0.25, 0.3) is 0 Å². The number of halogens is 3. The molecule has 2 rings (SSSR count).